The number of aryl methyl sites for hydroxylation is 2. The second-order valence-electron chi connectivity index (χ2n) is 6.01. The summed E-state index contributed by atoms with van der Waals surface area (Å²) < 4.78 is 0. The average Bonchev–Trinajstić information content (AvgIpc) is 3.20. The van der Waals surface area contributed by atoms with Crippen LogP contribution in [0.5, 0.6) is 0 Å². The van der Waals surface area contributed by atoms with Crippen molar-refractivity contribution in [2.24, 2.45) is 0 Å². The van der Waals surface area contributed by atoms with E-state index in [0.29, 0.717) is 6.04 Å². The molecule has 4 nitrogen and oxygen atoms in total. The normalized spacial score (nSPS) is 18.7. The molecule has 0 radical (unpaired) electrons. The van der Waals surface area contributed by atoms with Gasteiger partial charge in [0.25, 0.3) is 0 Å². The lowest BCUT2D eigenvalue weighted by atomic mass is 10.0. The summed E-state index contributed by atoms with van der Waals surface area (Å²) in [6.07, 6.45) is 6.40. The van der Waals surface area contributed by atoms with Crippen molar-refractivity contribution < 1.29 is 0 Å². The van der Waals surface area contributed by atoms with Crippen molar-refractivity contribution >= 4 is 38.7 Å². The third-order valence-corrected chi connectivity index (χ3v) is 6.66. The number of anilines is 1. The van der Waals surface area contributed by atoms with Crippen LogP contribution < -0.4 is 4.90 Å². The molecular weight excluding hydrogens is 324 g/mol. The van der Waals surface area contributed by atoms with Gasteiger partial charge in [0.1, 0.15) is 22.0 Å². The number of fused-ring (bicyclic) bond motifs is 1. The number of aromatic nitrogens is 3. The Morgan fingerprint density at radius 1 is 1.30 bits per heavy atom. The molecule has 1 saturated heterocycles. The summed E-state index contributed by atoms with van der Waals surface area (Å²) in [4.78, 5) is 18.8. The zero-order valence-electron chi connectivity index (χ0n) is 13.5. The van der Waals surface area contributed by atoms with Gasteiger partial charge in [-0.3, -0.25) is 0 Å². The van der Waals surface area contributed by atoms with Gasteiger partial charge in [0.05, 0.1) is 11.4 Å². The molecule has 1 fully saturated rings. The van der Waals surface area contributed by atoms with Gasteiger partial charge in [-0.2, -0.15) is 0 Å². The molecule has 0 aromatic carbocycles. The standard InChI is InChI=1S/C17H20N4S2/c1-3-12-8-13-15(18-10-19-16(13)23-12)21-7-5-4-6-14(21)17-20-11(2)9-22-17/h8-10,14H,3-7H2,1-2H3/t14-/m1/s1. The highest BCUT2D eigenvalue weighted by atomic mass is 32.1. The summed E-state index contributed by atoms with van der Waals surface area (Å²) in [5, 5.41) is 4.58. The maximum absolute atomic E-state index is 4.75. The molecule has 0 amide bonds. The molecule has 0 unspecified atom stereocenters. The molecule has 0 aliphatic carbocycles. The van der Waals surface area contributed by atoms with E-state index in [1.165, 1.54) is 28.1 Å². The minimum atomic E-state index is 0.352. The second-order valence-corrected chi connectivity index (χ2v) is 8.02. The topological polar surface area (TPSA) is 41.9 Å². The second kappa shape index (κ2) is 6.17. The number of rotatable bonds is 3. The van der Waals surface area contributed by atoms with Gasteiger partial charge in [-0.15, -0.1) is 22.7 Å². The Balaban J connectivity index is 1.79. The lowest BCUT2D eigenvalue weighted by Crippen LogP contribution is -2.34. The van der Waals surface area contributed by atoms with E-state index in [0.717, 1.165) is 35.7 Å². The highest BCUT2D eigenvalue weighted by Crippen LogP contribution is 2.39. The largest absolute Gasteiger partial charge is 0.347 e. The first-order valence-electron chi connectivity index (χ1n) is 8.18. The molecule has 23 heavy (non-hydrogen) atoms. The van der Waals surface area contributed by atoms with Crippen LogP contribution in [0.25, 0.3) is 10.2 Å². The van der Waals surface area contributed by atoms with Gasteiger partial charge >= 0.3 is 0 Å². The van der Waals surface area contributed by atoms with Crippen LogP contribution in [0.2, 0.25) is 0 Å². The number of thiazole rings is 1. The fourth-order valence-electron chi connectivity index (χ4n) is 3.26. The molecule has 0 bridgehead atoms. The molecule has 6 heteroatoms. The summed E-state index contributed by atoms with van der Waals surface area (Å²) in [5.74, 6) is 1.09. The molecule has 3 aromatic heterocycles. The van der Waals surface area contributed by atoms with Gasteiger partial charge in [0, 0.05) is 22.5 Å². The minimum absolute atomic E-state index is 0.352. The van der Waals surface area contributed by atoms with Crippen LogP contribution in [0.4, 0.5) is 5.82 Å². The van der Waals surface area contributed by atoms with Gasteiger partial charge in [-0.1, -0.05) is 6.92 Å². The van der Waals surface area contributed by atoms with Gasteiger partial charge in [-0.25, -0.2) is 15.0 Å². The predicted molar refractivity (Wildman–Crippen MR) is 97.6 cm³/mol. The van der Waals surface area contributed by atoms with Crippen molar-refractivity contribution in [3.8, 4) is 0 Å². The van der Waals surface area contributed by atoms with E-state index in [9.17, 15) is 0 Å². The molecule has 120 valence electrons. The Hall–Kier alpha value is -1.53. The predicted octanol–water partition coefficient (Wildman–Crippen LogP) is 4.75. The van der Waals surface area contributed by atoms with Crippen LogP contribution in [-0.2, 0) is 6.42 Å². The van der Waals surface area contributed by atoms with Crippen molar-refractivity contribution in [2.75, 3.05) is 11.4 Å². The third kappa shape index (κ3) is 2.74. The lowest BCUT2D eigenvalue weighted by molar-refractivity contribution is 0.469. The molecule has 0 N–H and O–H groups in total. The number of thiophene rings is 1. The zero-order chi connectivity index (χ0) is 15.8. The molecule has 4 heterocycles. The van der Waals surface area contributed by atoms with Crippen molar-refractivity contribution in [1.82, 2.24) is 15.0 Å². The highest BCUT2D eigenvalue weighted by molar-refractivity contribution is 7.18. The van der Waals surface area contributed by atoms with Crippen molar-refractivity contribution in [1.29, 1.82) is 0 Å². The van der Waals surface area contributed by atoms with E-state index >= 15 is 0 Å². The maximum atomic E-state index is 4.75. The Labute approximate surface area is 144 Å². The fraction of sp³-hybridized carbons (Fsp3) is 0.471. The SMILES string of the molecule is CCc1cc2c(N3CCCC[C@@H]3c3nc(C)cs3)ncnc2s1. The van der Waals surface area contributed by atoms with Crippen LogP contribution in [0.15, 0.2) is 17.8 Å². The summed E-state index contributed by atoms with van der Waals surface area (Å²) in [6, 6.07) is 2.62. The summed E-state index contributed by atoms with van der Waals surface area (Å²) >= 11 is 3.56. The molecule has 1 aliphatic rings. The minimum Gasteiger partial charge on any atom is -0.347 e. The van der Waals surface area contributed by atoms with E-state index in [4.69, 9.17) is 4.98 Å². The fourth-order valence-corrected chi connectivity index (χ4v) is 5.14. The number of hydrogen-bond donors (Lipinski definition) is 0. The Morgan fingerprint density at radius 2 is 2.22 bits per heavy atom. The summed E-state index contributed by atoms with van der Waals surface area (Å²) in [5.41, 5.74) is 1.12. The Bertz CT molecular complexity index is 823. The van der Waals surface area contributed by atoms with Crippen LogP contribution in [0.1, 0.15) is 47.8 Å². The first-order valence-corrected chi connectivity index (χ1v) is 9.88. The monoisotopic (exact) mass is 344 g/mol. The molecule has 1 aliphatic heterocycles. The first kappa shape index (κ1) is 15.0. The highest BCUT2D eigenvalue weighted by Gasteiger charge is 2.28. The van der Waals surface area contributed by atoms with Crippen molar-refractivity contribution in [3.05, 3.63) is 33.4 Å². The lowest BCUT2D eigenvalue weighted by Gasteiger charge is -2.35. The molecule has 0 spiro atoms. The van der Waals surface area contributed by atoms with Crippen molar-refractivity contribution in [3.63, 3.8) is 0 Å². The Kier molecular flexibility index (Phi) is 4.03. The van der Waals surface area contributed by atoms with E-state index in [1.54, 1.807) is 29.0 Å². The van der Waals surface area contributed by atoms with E-state index < -0.39 is 0 Å². The quantitative estimate of drug-likeness (QED) is 0.687. The van der Waals surface area contributed by atoms with E-state index in [-0.39, 0.29) is 0 Å². The van der Waals surface area contributed by atoms with Gasteiger partial charge in [-0.05, 0) is 38.7 Å². The molecule has 1 atom stereocenters. The summed E-state index contributed by atoms with van der Waals surface area (Å²) in [7, 11) is 0. The molecule has 4 rings (SSSR count). The molecule has 3 aromatic rings. The number of hydrogen-bond acceptors (Lipinski definition) is 6. The van der Waals surface area contributed by atoms with Gasteiger partial charge in [0.2, 0.25) is 0 Å². The number of piperidine rings is 1. The van der Waals surface area contributed by atoms with Crippen molar-refractivity contribution in [2.45, 2.75) is 45.6 Å². The average molecular weight is 345 g/mol. The maximum Gasteiger partial charge on any atom is 0.141 e. The van der Waals surface area contributed by atoms with Gasteiger partial charge < -0.3 is 4.90 Å². The smallest absolute Gasteiger partial charge is 0.141 e. The van der Waals surface area contributed by atoms with E-state index in [1.807, 2.05) is 0 Å². The van der Waals surface area contributed by atoms with Crippen LogP contribution in [0.3, 0.4) is 0 Å². The zero-order valence-corrected chi connectivity index (χ0v) is 15.1. The molecule has 0 saturated carbocycles. The molecular formula is C17H20N4S2. The Morgan fingerprint density at radius 3 is 3.00 bits per heavy atom. The van der Waals surface area contributed by atoms with Gasteiger partial charge in [0.15, 0.2) is 0 Å². The summed E-state index contributed by atoms with van der Waals surface area (Å²) in [6.45, 7) is 5.31. The van der Waals surface area contributed by atoms with E-state index in [2.05, 4.69) is 40.2 Å². The van der Waals surface area contributed by atoms with Crippen LogP contribution in [-0.4, -0.2) is 21.5 Å². The number of nitrogens with zero attached hydrogens (tertiary/aromatic N) is 4. The first-order chi connectivity index (χ1) is 11.3. The van der Waals surface area contributed by atoms with Crippen LogP contribution in [0, 0.1) is 6.92 Å². The van der Waals surface area contributed by atoms with Crippen LogP contribution >= 0.6 is 22.7 Å². The third-order valence-electron chi connectivity index (χ3n) is 4.40.